The highest BCUT2D eigenvalue weighted by atomic mass is 16.8. The topological polar surface area (TPSA) is 307 Å². The molecule has 12 N–H and O–H groups in total. The smallest absolute Gasteiger partial charge is 0.220 e. The predicted octanol–water partition coefficient (Wildman–Crippen LogP) is 12.2. The lowest BCUT2D eigenvalue weighted by atomic mass is 9.96. The van der Waals surface area contributed by atoms with Crippen LogP contribution in [0.2, 0.25) is 0 Å². The van der Waals surface area contributed by atoms with Gasteiger partial charge < -0.3 is 89.9 Å². The predicted molar refractivity (Wildman–Crippen MR) is 370 cm³/mol. The van der Waals surface area contributed by atoms with Crippen LogP contribution in [0.15, 0.2) is 0 Å². The van der Waals surface area contributed by atoms with Gasteiger partial charge in [0, 0.05) is 6.42 Å². The van der Waals surface area contributed by atoms with Crippen LogP contribution in [0, 0.1) is 0 Å². The van der Waals surface area contributed by atoms with Crippen molar-refractivity contribution in [2.75, 3.05) is 26.4 Å². The van der Waals surface area contributed by atoms with Gasteiger partial charge in [0.2, 0.25) is 5.91 Å². The summed E-state index contributed by atoms with van der Waals surface area (Å²) in [5.41, 5.74) is 0. The van der Waals surface area contributed by atoms with E-state index in [2.05, 4.69) is 19.2 Å². The molecule has 94 heavy (non-hydrogen) atoms. The first-order valence-electron chi connectivity index (χ1n) is 39.3. The molecule has 0 saturated carbocycles. The third-order valence-corrected chi connectivity index (χ3v) is 20.2. The van der Waals surface area contributed by atoms with Crippen molar-refractivity contribution in [1.82, 2.24) is 5.32 Å². The monoisotopic (exact) mass is 1350 g/mol. The van der Waals surface area contributed by atoms with Crippen molar-refractivity contribution < 1.29 is 89.4 Å². The van der Waals surface area contributed by atoms with Crippen molar-refractivity contribution in [3.8, 4) is 0 Å². The van der Waals surface area contributed by atoms with Gasteiger partial charge in [-0.1, -0.05) is 322 Å². The van der Waals surface area contributed by atoms with Crippen LogP contribution in [0.1, 0.15) is 341 Å². The van der Waals surface area contributed by atoms with Gasteiger partial charge in [0.25, 0.3) is 0 Å². The number of unbranched alkanes of at least 4 members (excludes halogenated alkanes) is 47. The minimum atomic E-state index is -1.97. The van der Waals surface area contributed by atoms with E-state index in [-0.39, 0.29) is 18.9 Å². The lowest BCUT2D eigenvalue weighted by Gasteiger charge is -2.48. The number of aliphatic hydroxyl groups is 11. The molecule has 19 heteroatoms. The largest absolute Gasteiger partial charge is 0.394 e. The molecule has 0 aliphatic carbocycles. The summed E-state index contributed by atoms with van der Waals surface area (Å²) in [7, 11) is 0. The third kappa shape index (κ3) is 38.0. The van der Waals surface area contributed by atoms with Crippen LogP contribution in [0.4, 0.5) is 0 Å². The molecule has 3 rings (SSSR count). The highest BCUT2D eigenvalue weighted by Gasteiger charge is 2.54. The molecular weight excluding hydrogens is 1200 g/mol. The Balaban J connectivity index is 1.24. The SMILES string of the molecule is CCCCCCCCCCCCCCCCCCCCCCCCCCCCCCCCCCCCCCCCCC(=O)NC(COC1OC(CO)C(OC2OC(CO)C(OC3OC(CO)C(O)C(O)C3O)C(O)C2O)C(O)C1O)C(O)CCCCCCCCCCCC. The van der Waals surface area contributed by atoms with Crippen molar-refractivity contribution in [1.29, 1.82) is 0 Å². The average Bonchev–Trinajstić information content (AvgIpc) is 0.788. The van der Waals surface area contributed by atoms with Crippen molar-refractivity contribution in [3.05, 3.63) is 0 Å². The Hall–Kier alpha value is -1.21. The second-order valence-electron chi connectivity index (χ2n) is 28.5. The first kappa shape index (κ1) is 87.0. The van der Waals surface area contributed by atoms with E-state index in [1.165, 1.54) is 263 Å². The summed E-state index contributed by atoms with van der Waals surface area (Å²) in [5, 5.41) is 121. The maximum absolute atomic E-state index is 13.4. The van der Waals surface area contributed by atoms with Crippen LogP contribution >= 0.6 is 0 Å². The van der Waals surface area contributed by atoms with Gasteiger partial charge in [-0.15, -0.1) is 0 Å². The van der Waals surface area contributed by atoms with Crippen molar-refractivity contribution in [2.24, 2.45) is 0 Å². The molecule has 17 atom stereocenters. The molecule has 0 aromatic rings. The summed E-state index contributed by atoms with van der Waals surface area (Å²) >= 11 is 0. The molecule has 0 bridgehead atoms. The highest BCUT2D eigenvalue weighted by Crippen LogP contribution is 2.33. The molecule has 3 heterocycles. The molecule has 3 saturated heterocycles. The van der Waals surface area contributed by atoms with Crippen LogP contribution in [0.5, 0.6) is 0 Å². The van der Waals surface area contributed by atoms with Gasteiger partial charge in [0.15, 0.2) is 18.9 Å². The number of aliphatic hydroxyl groups excluding tert-OH is 11. The second kappa shape index (κ2) is 57.4. The van der Waals surface area contributed by atoms with E-state index in [0.29, 0.717) is 12.8 Å². The third-order valence-electron chi connectivity index (χ3n) is 20.2. The quantitative estimate of drug-likeness (QED) is 0.0252. The van der Waals surface area contributed by atoms with E-state index >= 15 is 0 Å². The Bertz CT molecular complexity index is 1700. The molecule has 3 fully saturated rings. The molecule has 558 valence electrons. The van der Waals surface area contributed by atoms with Gasteiger partial charge in [-0.05, 0) is 12.8 Å². The Morgan fingerprint density at radius 2 is 0.606 bits per heavy atom. The maximum atomic E-state index is 13.4. The zero-order chi connectivity index (χ0) is 68.2. The number of carbonyl (C=O) groups is 1. The highest BCUT2D eigenvalue weighted by molar-refractivity contribution is 5.76. The molecule has 1 amide bonds. The Kier molecular flexibility index (Phi) is 53.1. The van der Waals surface area contributed by atoms with E-state index in [1.54, 1.807) is 0 Å². The minimum absolute atomic E-state index is 0.237. The van der Waals surface area contributed by atoms with Gasteiger partial charge in [-0.25, -0.2) is 0 Å². The lowest BCUT2D eigenvalue weighted by molar-refractivity contribution is -0.379. The molecule has 19 nitrogen and oxygen atoms in total. The van der Waals surface area contributed by atoms with Crippen LogP contribution in [-0.2, 0) is 33.2 Å². The Morgan fingerprint density at radius 1 is 0.340 bits per heavy atom. The fourth-order valence-corrected chi connectivity index (χ4v) is 13.8. The summed E-state index contributed by atoms with van der Waals surface area (Å²) in [6.45, 7) is 1.82. The van der Waals surface area contributed by atoms with Crippen molar-refractivity contribution >= 4 is 5.91 Å². The number of hydrogen-bond donors (Lipinski definition) is 12. The molecule has 0 spiro atoms. The number of hydrogen-bond acceptors (Lipinski definition) is 18. The van der Waals surface area contributed by atoms with E-state index in [9.17, 15) is 61.0 Å². The van der Waals surface area contributed by atoms with Crippen molar-refractivity contribution in [3.63, 3.8) is 0 Å². The zero-order valence-electron chi connectivity index (χ0n) is 59.5. The van der Waals surface area contributed by atoms with Crippen molar-refractivity contribution in [2.45, 2.75) is 446 Å². The summed E-state index contributed by atoms with van der Waals surface area (Å²) in [5.74, 6) is -0.237. The van der Waals surface area contributed by atoms with Crippen LogP contribution in [0.3, 0.4) is 0 Å². The number of amides is 1. The average molecular weight is 1350 g/mol. The standard InChI is InChI=1S/C75H145NO18/c1-3-5-7-9-11-13-15-16-17-18-19-20-21-22-23-24-25-26-27-28-29-30-31-32-33-34-35-36-37-38-39-40-41-42-43-45-47-49-51-53-63(81)76-58(59(80)52-50-48-46-44-14-12-10-8-6-4-2)57-89-73-69(87)66(84)71(61(55-78)91-73)94-75-70(88)67(85)72(62(56-79)92-75)93-74-68(86)65(83)64(82)60(54-77)90-74/h58-62,64-75,77-80,82-88H,3-57H2,1-2H3,(H,76,81). The minimum Gasteiger partial charge on any atom is -0.394 e. The molecule has 0 radical (unpaired) electrons. The molecular formula is C75H145NO18. The van der Waals surface area contributed by atoms with Crippen LogP contribution in [-0.4, -0.2) is 193 Å². The second-order valence-corrected chi connectivity index (χ2v) is 28.5. The van der Waals surface area contributed by atoms with Gasteiger partial charge in [-0.3, -0.25) is 4.79 Å². The van der Waals surface area contributed by atoms with Crippen LogP contribution in [0.25, 0.3) is 0 Å². The normalized spacial score (nSPS) is 27.3. The molecule has 3 aliphatic rings. The fraction of sp³-hybridized carbons (Fsp3) is 0.987. The number of ether oxygens (including phenoxy) is 6. The Labute approximate surface area is 570 Å². The van der Waals surface area contributed by atoms with Gasteiger partial charge >= 0.3 is 0 Å². The van der Waals surface area contributed by atoms with E-state index < -0.39 is 124 Å². The maximum Gasteiger partial charge on any atom is 0.220 e. The first-order chi connectivity index (χ1) is 45.8. The Morgan fingerprint density at radius 3 is 0.926 bits per heavy atom. The first-order valence-corrected chi connectivity index (χ1v) is 39.3. The molecule has 0 aromatic carbocycles. The molecule has 3 aliphatic heterocycles. The number of nitrogens with one attached hydrogen (secondary N) is 1. The van der Waals surface area contributed by atoms with E-state index in [4.69, 9.17) is 28.4 Å². The lowest BCUT2D eigenvalue weighted by Crippen LogP contribution is -2.66. The fourth-order valence-electron chi connectivity index (χ4n) is 13.8. The summed E-state index contributed by atoms with van der Waals surface area (Å²) in [4.78, 5) is 13.4. The van der Waals surface area contributed by atoms with Gasteiger partial charge in [-0.2, -0.15) is 0 Å². The zero-order valence-corrected chi connectivity index (χ0v) is 59.5. The van der Waals surface area contributed by atoms with E-state index in [0.717, 1.165) is 44.9 Å². The summed E-state index contributed by atoms with van der Waals surface area (Å²) in [6, 6.07) is -0.880. The van der Waals surface area contributed by atoms with E-state index in [1.807, 2.05) is 0 Å². The van der Waals surface area contributed by atoms with Gasteiger partial charge in [0.1, 0.15) is 73.2 Å². The van der Waals surface area contributed by atoms with Gasteiger partial charge in [0.05, 0.1) is 38.6 Å². The van der Waals surface area contributed by atoms with Crippen LogP contribution < -0.4 is 5.32 Å². The summed E-state index contributed by atoms with van der Waals surface area (Å²) in [6.07, 6.45) is 38.3. The number of rotatable bonds is 63. The summed E-state index contributed by atoms with van der Waals surface area (Å²) < 4.78 is 34.4. The molecule has 0 aromatic heterocycles. The number of carbonyl (C=O) groups excluding carboxylic acids is 1. The molecule has 17 unspecified atom stereocenters.